The minimum Gasteiger partial charge on any atom is -0.368 e. The fourth-order valence-electron chi connectivity index (χ4n) is 4.31. The number of halogens is 5. The lowest BCUT2D eigenvalue weighted by molar-refractivity contribution is -0.137. The first kappa shape index (κ1) is 25.9. The van der Waals surface area contributed by atoms with Gasteiger partial charge in [0.2, 0.25) is 0 Å². The van der Waals surface area contributed by atoms with Gasteiger partial charge in [0.05, 0.1) is 33.7 Å². The molecule has 36 heavy (non-hydrogen) atoms. The molecule has 4 heterocycles. The molecule has 2 atom stereocenters. The van der Waals surface area contributed by atoms with Crippen LogP contribution in [0.15, 0.2) is 36.5 Å². The summed E-state index contributed by atoms with van der Waals surface area (Å²) in [5, 5.41) is 3.49. The topological polar surface area (TPSA) is 71.0 Å². The second-order valence-corrected chi connectivity index (χ2v) is 10.1. The van der Waals surface area contributed by atoms with E-state index in [1.54, 1.807) is 26.0 Å². The van der Waals surface area contributed by atoms with Gasteiger partial charge in [0, 0.05) is 24.9 Å². The van der Waals surface area contributed by atoms with Crippen molar-refractivity contribution in [2.45, 2.75) is 45.3 Å². The number of hydrogen-bond donors (Lipinski definition) is 1. The first-order chi connectivity index (χ1) is 16.8. The van der Waals surface area contributed by atoms with Gasteiger partial charge in [0.25, 0.3) is 11.8 Å². The molecule has 192 valence electrons. The number of hydrogen-bond acceptors (Lipinski definition) is 6. The lowest BCUT2D eigenvalue weighted by Gasteiger charge is -2.43. The van der Waals surface area contributed by atoms with Crippen LogP contribution < -0.4 is 5.32 Å². The number of likely N-dealkylation sites (tertiary alicyclic amines) is 1. The van der Waals surface area contributed by atoms with Crippen LogP contribution in [0, 0.1) is 19.8 Å². The van der Waals surface area contributed by atoms with Crippen molar-refractivity contribution in [2.24, 2.45) is 5.92 Å². The highest BCUT2D eigenvalue weighted by Gasteiger charge is 2.47. The van der Waals surface area contributed by atoms with Crippen LogP contribution in [0.25, 0.3) is 10.6 Å². The highest BCUT2D eigenvalue weighted by Crippen LogP contribution is 2.37. The molecule has 3 aromatic heterocycles. The number of nitrogens with zero attached hydrogens (tertiary/aromatic N) is 4. The first-order valence-corrected chi connectivity index (χ1v) is 12.0. The Kier molecular flexibility index (Phi) is 7.00. The lowest BCUT2D eigenvalue weighted by Crippen LogP contribution is -2.57. The monoisotopic (exact) mass is 525 g/mol. The Labute approximate surface area is 208 Å². The van der Waals surface area contributed by atoms with Crippen molar-refractivity contribution >= 4 is 23.1 Å². The standard InChI is InChI=1S/C24H24F5N5OS/c1-13-9-23(25,26)12-34(18(13)11-31-19-8-7-16(10-30-19)24(27,28)29)22(35)20-21(36-15(3)33-20)17-6-4-5-14(2)32-17/h4-8,10,13,18H,9,11-12H2,1-3H3,(H,30,31)/t13?,18-/m1/s1. The summed E-state index contributed by atoms with van der Waals surface area (Å²) in [6, 6.07) is 6.73. The third-order valence-corrected chi connectivity index (χ3v) is 6.97. The van der Waals surface area contributed by atoms with Gasteiger partial charge < -0.3 is 10.2 Å². The van der Waals surface area contributed by atoms with Crippen molar-refractivity contribution in [1.82, 2.24) is 19.9 Å². The smallest absolute Gasteiger partial charge is 0.368 e. The van der Waals surface area contributed by atoms with E-state index in [9.17, 15) is 26.7 Å². The predicted molar refractivity (Wildman–Crippen MR) is 126 cm³/mol. The summed E-state index contributed by atoms with van der Waals surface area (Å²) >= 11 is 1.26. The molecule has 6 nitrogen and oxygen atoms in total. The van der Waals surface area contributed by atoms with E-state index in [0.717, 1.165) is 16.7 Å². The molecule has 0 spiro atoms. The van der Waals surface area contributed by atoms with Crippen LogP contribution in [0.3, 0.4) is 0 Å². The van der Waals surface area contributed by atoms with Gasteiger partial charge in [0.1, 0.15) is 11.5 Å². The fraction of sp³-hybridized carbons (Fsp3) is 0.417. The van der Waals surface area contributed by atoms with Crippen LogP contribution in [0.1, 0.15) is 40.1 Å². The van der Waals surface area contributed by atoms with E-state index in [0.29, 0.717) is 21.8 Å². The van der Waals surface area contributed by atoms with Crippen molar-refractivity contribution in [3.63, 3.8) is 0 Å². The molecule has 1 N–H and O–H groups in total. The molecule has 1 unspecified atom stereocenters. The molecule has 0 bridgehead atoms. The van der Waals surface area contributed by atoms with Gasteiger partial charge in [-0.2, -0.15) is 13.2 Å². The number of rotatable bonds is 5. The normalized spacial score (nSPS) is 19.8. The number of carbonyl (C=O) groups is 1. The van der Waals surface area contributed by atoms with E-state index in [4.69, 9.17) is 0 Å². The molecule has 1 fully saturated rings. The summed E-state index contributed by atoms with van der Waals surface area (Å²) in [7, 11) is 0. The highest BCUT2D eigenvalue weighted by atomic mass is 32.1. The quantitative estimate of drug-likeness (QED) is 0.424. The minimum atomic E-state index is -4.52. The second-order valence-electron chi connectivity index (χ2n) is 8.92. The Morgan fingerprint density at radius 2 is 1.94 bits per heavy atom. The van der Waals surface area contributed by atoms with Crippen LogP contribution >= 0.6 is 11.3 Å². The first-order valence-electron chi connectivity index (χ1n) is 11.2. The Bertz CT molecular complexity index is 1240. The Balaban J connectivity index is 1.61. The van der Waals surface area contributed by atoms with Crippen molar-refractivity contribution < 1.29 is 26.7 Å². The molecule has 1 aliphatic heterocycles. The van der Waals surface area contributed by atoms with E-state index in [-0.39, 0.29) is 18.1 Å². The van der Waals surface area contributed by atoms with Gasteiger partial charge in [-0.3, -0.25) is 9.78 Å². The van der Waals surface area contributed by atoms with Crippen LogP contribution in [0.2, 0.25) is 0 Å². The van der Waals surface area contributed by atoms with Crippen molar-refractivity contribution in [2.75, 3.05) is 18.4 Å². The maximum absolute atomic E-state index is 14.6. The van der Waals surface area contributed by atoms with E-state index in [1.807, 2.05) is 13.0 Å². The Morgan fingerprint density at radius 1 is 1.19 bits per heavy atom. The summed E-state index contributed by atoms with van der Waals surface area (Å²) in [5.41, 5.74) is 0.426. The maximum atomic E-state index is 14.6. The van der Waals surface area contributed by atoms with Gasteiger partial charge in [-0.25, -0.2) is 18.7 Å². The average Bonchev–Trinajstić information content (AvgIpc) is 3.18. The zero-order valence-electron chi connectivity index (χ0n) is 19.7. The molecule has 1 aliphatic rings. The summed E-state index contributed by atoms with van der Waals surface area (Å²) in [4.78, 5) is 27.8. The maximum Gasteiger partial charge on any atom is 0.417 e. The third-order valence-electron chi connectivity index (χ3n) is 5.98. The Morgan fingerprint density at radius 3 is 2.58 bits per heavy atom. The molecule has 1 saturated heterocycles. The van der Waals surface area contributed by atoms with Crippen molar-refractivity contribution in [3.8, 4) is 10.6 Å². The van der Waals surface area contributed by atoms with Gasteiger partial charge >= 0.3 is 6.18 Å². The fourth-order valence-corrected chi connectivity index (χ4v) is 5.19. The Hall–Kier alpha value is -3.15. The number of anilines is 1. The van der Waals surface area contributed by atoms with Crippen LogP contribution in [-0.2, 0) is 6.18 Å². The van der Waals surface area contributed by atoms with Crippen LogP contribution in [-0.4, -0.2) is 50.8 Å². The van der Waals surface area contributed by atoms with Crippen LogP contribution in [0.5, 0.6) is 0 Å². The molecular formula is C24H24F5N5OS. The van der Waals surface area contributed by atoms with Gasteiger partial charge in [0.15, 0.2) is 0 Å². The van der Waals surface area contributed by atoms with E-state index in [1.165, 1.54) is 17.4 Å². The van der Waals surface area contributed by atoms with Gasteiger partial charge in [-0.05, 0) is 44.0 Å². The van der Waals surface area contributed by atoms with E-state index < -0.39 is 48.5 Å². The SMILES string of the molecule is Cc1cccc(-c2sc(C)nc2C(=O)N2CC(F)(F)CC(C)[C@H]2CNc2ccc(C(F)(F)F)cn2)n1. The second kappa shape index (κ2) is 9.72. The molecule has 4 rings (SSSR count). The van der Waals surface area contributed by atoms with Crippen molar-refractivity contribution in [3.05, 3.63) is 58.5 Å². The number of alkyl halides is 5. The number of amides is 1. The molecule has 0 aromatic carbocycles. The molecular weight excluding hydrogens is 501 g/mol. The van der Waals surface area contributed by atoms with Gasteiger partial charge in [-0.15, -0.1) is 11.3 Å². The zero-order valence-corrected chi connectivity index (χ0v) is 20.6. The summed E-state index contributed by atoms with van der Waals surface area (Å²) in [6.45, 7) is 4.39. The van der Waals surface area contributed by atoms with Crippen LogP contribution in [0.4, 0.5) is 27.8 Å². The average molecular weight is 526 g/mol. The van der Waals surface area contributed by atoms with E-state index in [2.05, 4.69) is 20.3 Å². The number of pyridine rings is 2. The minimum absolute atomic E-state index is 0.0303. The summed E-state index contributed by atoms with van der Waals surface area (Å²) < 4.78 is 67.6. The lowest BCUT2D eigenvalue weighted by atomic mass is 9.88. The number of piperidine rings is 1. The predicted octanol–water partition coefficient (Wildman–Crippen LogP) is 5.83. The number of thiazole rings is 1. The molecule has 3 aromatic rings. The molecule has 12 heteroatoms. The third kappa shape index (κ3) is 5.63. The molecule has 0 aliphatic carbocycles. The van der Waals surface area contributed by atoms with Crippen molar-refractivity contribution in [1.29, 1.82) is 0 Å². The highest BCUT2D eigenvalue weighted by molar-refractivity contribution is 7.15. The summed E-state index contributed by atoms with van der Waals surface area (Å²) in [5.74, 6) is -4.18. The zero-order chi connectivity index (χ0) is 26.3. The number of carbonyl (C=O) groups excluding carboxylic acids is 1. The van der Waals surface area contributed by atoms with Gasteiger partial charge in [-0.1, -0.05) is 13.0 Å². The summed E-state index contributed by atoms with van der Waals surface area (Å²) in [6.07, 6.45) is -4.25. The number of nitrogens with one attached hydrogen (secondary N) is 1. The number of aromatic nitrogens is 3. The number of aryl methyl sites for hydroxylation is 2. The molecule has 0 saturated carbocycles. The molecule has 0 radical (unpaired) electrons. The molecule has 1 amide bonds. The largest absolute Gasteiger partial charge is 0.417 e. The van der Waals surface area contributed by atoms with E-state index >= 15 is 0 Å².